The second-order valence-corrected chi connectivity index (χ2v) is 5.60. The van der Waals surface area contributed by atoms with Gasteiger partial charge in [0.25, 0.3) is 5.91 Å². The van der Waals surface area contributed by atoms with E-state index in [0.717, 1.165) is 12.1 Å². The van der Waals surface area contributed by atoms with Crippen molar-refractivity contribution in [1.29, 1.82) is 0 Å². The van der Waals surface area contributed by atoms with Crippen LogP contribution in [0.5, 0.6) is 0 Å². The van der Waals surface area contributed by atoms with Gasteiger partial charge in [0.2, 0.25) is 0 Å². The van der Waals surface area contributed by atoms with Gasteiger partial charge in [0.15, 0.2) is 0 Å². The zero-order valence-corrected chi connectivity index (χ0v) is 12.9. The lowest BCUT2D eigenvalue weighted by Gasteiger charge is -2.35. The number of amides is 1. The molecule has 1 aromatic heterocycles. The number of hydrogen-bond donors (Lipinski definition) is 2. The van der Waals surface area contributed by atoms with Gasteiger partial charge >= 0.3 is 0 Å². The van der Waals surface area contributed by atoms with E-state index in [1.165, 1.54) is 0 Å². The number of carbonyl (C=O) groups is 1. The standard InChI is InChI=1S/C15H24N4O2/c1-4-12-9-21-6-5-19(12)15(20)11-7-13(10(2)3)17-14(8-11)18-16/h7-8,10,12H,4-6,9,16H2,1-3H3,(H,17,18). The van der Waals surface area contributed by atoms with Crippen LogP contribution in [0.2, 0.25) is 0 Å². The van der Waals surface area contributed by atoms with Gasteiger partial charge < -0.3 is 15.1 Å². The number of pyridine rings is 1. The Balaban J connectivity index is 2.31. The van der Waals surface area contributed by atoms with E-state index >= 15 is 0 Å². The summed E-state index contributed by atoms with van der Waals surface area (Å²) in [7, 11) is 0. The molecule has 1 aliphatic rings. The largest absolute Gasteiger partial charge is 0.377 e. The molecule has 3 N–H and O–H groups in total. The highest BCUT2D eigenvalue weighted by molar-refractivity contribution is 5.95. The Hall–Kier alpha value is -1.66. The van der Waals surface area contributed by atoms with E-state index in [0.29, 0.717) is 31.1 Å². The summed E-state index contributed by atoms with van der Waals surface area (Å²) in [5, 5.41) is 0. The van der Waals surface area contributed by atoms with Crippen molar-refractivity contribution in [2.24, 2.45) is 5.84 Å². The summed E-state index contributed by atoms with van der Waals surface area (Å²) in [6.07, 6.45) is 0.885. The highest BCUT2D eigenvalue weighted by Crippen LogP contribution is 2.20. The minimum atomic E-state index is 0.0194. The molecule has 0 bridgehead atoms. The van der Waals surface area contributed by atoms with Gasteiger partial charge in [0, 0.05) is 17.8 Å². The molecule has 1 amide bonds. The van der Waals surface area contributed by atoms with Crippen molar-refractivity contribution < 1.29 is 9.53 Å². The third-order valence-corrected chi connectivity index (χ3v) is 3.79. The van der Waals surface area contributed by atoms with Crippen LogP contribution in [-0.4, -0.2) is 41.6 Å². The quantitative estimate of drug-likeness (QED) is 0.652. The Labute approximate surface area is 125 Å². The Morgan fingerprint density at radius 1 is 1.57 bits per heavy atom. The van der Waals surface area contributed by atoms with Crippen molar-refractivity contribution in [2.45, 2.75) is 39.2 Å². The average Bonchev–Trinajstić information content (AvgIpc) is 2.53. The number of ether oxygens (including phenoxy) is 1. The van der Waals surface area contributed by atoms with Crippen LogP contribution >= 0.6 is 0 Å². The van der Waals surface area contributed by atoms with Crippen molar-refractivity contribution in [1.82, 2.24) is 9.88 Å². The van der Waals surface area contributed by atoms with Gasteiger partial charge in [-0.25, -0.2) is 10.8 Å². The molecule has 116 valence electrons. The first-order valence-electron chi connectivity index (χ1n) is 7.44. The summed E-state index contributed by atoms with van der Waals surface area (Å²) < 4.78 is 5.46. The molecular formula is C15H24N4O2. The minimum absolute atomic E-state index is 0.0194. The van der Waals surface area contributed by atoms with Crippen LogP contribution < -0.4 is 11.3 Å². The first kappa shape index (κ1) is 15.7. The van der Waals surface area contributed by atoms with Crippen molar-refractivity contribution in [3.05, 3.63) is 23.4 Å². The van der Waals surface area contributed by atoms with Gasteiger partial charge in [-0.05, 0) is 24.5 Å². The Kier molecular flexibility index (Phi) is 5.14. The number of aromatic nitrogens is 1. The number of carbonyl (C=O) groups excluding carboxylic acids is 1. The maximum atomic E-state index is 12.8. The minimum Gasteiger partial charge on any atom is -0.377 e. The second-order valence-electron chi connectivity index (χ2n) is 5.60. The summed E-state index contributed by atoms with van der Waals surface area (Å²) >= 11 is 0. The molecule has 1 unspecified atom stereocenters. The van der Waals surface area contributed by atoms with Gasteiger partial charge in [0.1, 0.15) is 5.82 Å². The fourth-order valence-corrected chi connectivity index (χ4v) is 2.47. The lowest BCUT2D eigenvalue weighted by atomic mass is 10.1. The first-order valence-corrected chi connectivity index (χ1v) is 7.44. The van der Waals surface area contributed by atoms with E-state index < -0.39 is 0 Å². The van der Waals surface area contributed by atoms with Crippen LogP contribution in [0.25, 0.3) is 0 Å². The number of morpholine rings is 1. The Bertz CT molecular complexity index is 504. The SMILES string of the molecule is CCC1COCCN1C(=O)c1cc(NN)nc(C(C)C)c1. The maximum Gasteiger partial charge on any atom is 0.254 e. The van der Waals surface area contributed by atoms with Crippen molar-refractivity contribution >= 4 is 11.7 Å². The molecule has 0 spiro atoms. The predicted octanol–water partition coefficient (Wildman–Crippen LogP) is 1.74. The number of hydrogen-bond acceptors (Lipinski definition) is 5. The number of hydrazine groups is 1. The summed E-state index contributed by atoms with van der Waals surface area (Å²) in [5.41, 5.74) is 4.02. The molecule has 1 aliphatic heterocycles. The molecule has 1 saturated heterocycles. The summed E-state index contributed by atoms with van der Waals surface area (Å²) in [5.74, 6) is 6.23. The van der Waals surface area contributed by atoms with Crippen LogP contribution in [0.4, 0.5) is 5.82 Å². The molecule has 2 heterocycles. The van der Waals surface area contributed by atoms with Crippen LogP contribution in [0, 0.1) is 0 Å². The number of rotatable bonds is 4. The van der Waals surface area contributed by atoms with Crippen LogP contribution in [0.3, 0.4) is 0 Å². The molecule has 21 heavy (non-hydrogen) atoms. The number of nitrogen functional groups attached to an aromatic ring is 1. The fourth-order valence-electron chi connectivity index (χ4n) is 2.47. The molecule has 6 heteroatoms. The van der Waals surface area contributed by atoms with Crippen LogP contribution in [0.15, 0.2) is 12.1 Å². The molecule has 1 atom stereocenters. The number of nitrogens with two attached hydrogens (primary N) is 1. The molecule has 2 rings (SSSR count). The summed E-state index contributed by atoms with van der Waals surface area (Å²) in [6.45, 7) is 7.97. The normalized spacial score (nSPS) is 18.9. The van der Waals surface area contributed by atoms with Gasteiger partial charge in [0.05, 0.1) is 19.3 Å². The third-order valence-electron chi connectivity index (χ3n) is 3.79. The lowest BCUT2D eigenvalue weighted by molar-refractivity contribution is -0.00280. The predicted molar refractivity (Wildman–Crippen MR) is 82.1 cm³/mol. The molecular weight excluding hydrogens is 268 g/mol. The van der Waals surface area contributed by atoms with Gasteiger partial charge in [-0.15, -0.1) is 0 Å². The van der Waals surface area contributed by atoms with Crippen molar-refractivity contribution in [2.75, 3.05) is 25.2 Å². The fraction of sp³-hybridized carbons (Fsp3) is 0.600. The Morgan fingerprint density at radius 2 is 2.33 bits per heavy atom. The number of anilines is 1. The van der Waals surface area contributed by atoms with Gasteiger partial charge in [-0.3, -0.25) is 4.79 Å². The molecule has 0 radical (unpaired) electrons. The topological polar surface area (TPSA) is 80.5 Å². The van der Waals surface area contributed by atoms with E-state index in [2.05, 4.69) is 17.3 Å². The third kappa shape index (κ3) is 3.51. The summed E-state index contributed by atoms with van der Waals surface area (Å²) in [4.78, 5) is 19.1. The number of nitrogens with zero attached hydrogens (tertiary/aromatic N) is 2. The first-order chi connectivity index (χ1) is 10.1. The van der Waals surface area contributed by atoms with E-state index in [-0.39, 0.29) is 17.9 Å². The molecule has 0 aliphatic carbocycles. The molecule has 1 fully saturated rings. The van der Waals surface area contributed by atoms with E-state index in [1.54, 1.807) is 6.07 Å². The molecule has 0 aromatic carbocycles. The van der Waals surface area contributed by atoms with E-state index in [9.17, 15) is 4.79 Å². The molecule has 6 nitrogen and oxygen atoms in total. The van der Waals surface area contributed by atoms with Crippen LogP contribution in [-0.2, 0) is 4.74 Å². The zero-order valence-electron chi connectivity index (χ0n) is 12.9. The van der Waals surface area contributed by atoms with Gasteiger partial charge in [-0.2, -0.15) is 0 Å². The highest BCUT2D eigenvalue weighted by Gasteiger charge is 2.27. The van der Waals surface area contributed by atoms with Crippen molar-refractivity contribution in [3.63, 3.8) is 0 Å². The molecule has 1 aromatic rings. The second kappa shape index (κ2) is 6.87. The van der Waals surface area contributed by atoms with Crippen LogP contribution in [0.1, 0.15) is 49.2 Å². The van der Waals surface area contributed by atoms with Crippen molar-refractivity contribution in [3.8, 4) is 0 Å². The monoisotopic (exact) mass is 292 g/mol. The highest BCUT2D eigenvalue weighted by atomic mass is 16.5. The maximum absolute atomic E-state index is 12.8. The average molecular weight is 292 g/mol. The molecule has 0 saturated carbocycles. The zero-order chi connectivity index (χ0) is 15.4. The van der Waals surface area contributed by atoms with E-state index in [4.69, 9.17) is 10.6 Å². The smallest absolute Gasteiger partial charge is 0.254 e. The van der Waals surface area contributed by atoms with Gasteiger partial charge in [-0.1, -0.05) is 20.8 Å². The summed E-state index contributed by atoms with van der Waals surface area (Å²) in [6, 6.07) is 3.70. The Morgan fingerprint density at radius 3 is 2.95 bits per heavy atom. The number of nitrogens with one attached hydrogen (secondary N) is 1. The van der Waals surface area contributed by atoms with E-state index in [1.807, 2.05) is 24.8 Å². The lowest BCUT2D eigenvalue weighted by Crippen LogP contribution is -2.48.